The zero-order valence-corrected chi connectivity index (χ0v) is 13.0. The highest BCUT2D eigenvalue weighted by Crippen LogP contribution is 2.45. The first-order valence-corrected chi connectivity index (χ1v) is 7.54. The standard InChI is InChI=1S/C20H16O3/c1-20(16-10-6-5-9-15(16)19(21)23-20)17-11-12-18(22-2)14-8-4-3-7-13(14)17/h3-12H,1-2H3/t20-/m1/s1. The zero-order chi connectivity index (χ0) is 16.0. The fourth-order valence-corrected chi connectivity index (χ4v) is 3.44. The first kappa shape index (κ1) is 13.8. The van der Waals surface area contributed by atoms with Crippen molar-refractivity contribution in [3.8, 4) is 5.75 Å². The summed E-state index contributed by atoms with van der Waals surface area (Å²) in [6.45, 7) is 1.95. The average molecular weight is 304 g/mol. The van der Waals surface area contributed by atoms with Gasteiger partial charge in [-0.05, 0) is 24.4 Å². The second-order valence-electron chi connectivity index (χ2n) is 5.83. The molecule has 0 radical (unpaired) electrons. The van der Waals surface area contributed by atoms with Crippen LogP contribution in [0.3, 0.4) is 0 Å². The number of hydrogen-bond donors (Lipinski definition) is 0. The summed E-state index contributed by atoms with van der Waals surface area (Å²) in [5.41, 5.74) is 1.71. The van der Waals surface area contributed by atoms with Crippen molar-refractivity contribution in [1.82, 2.24) is 0 Å². The molecule has 3 aromatic rings. The third-order valence-electron chi connectivity index (χ3n) is 4.58. The summed E-state index contributed by atoms with van der Waals surface area (Å²) in [5.74, 6) is 0.536. The number of carbonyl (C=O) groups is 1. The van der Waals surface area contributed by atoms with Crippen LogP contribution in [0.4, 0.5) is 0 Å². The highest BCUT2D eigenvalue weighted by Gasteiger charge is 2.43. The Morgan fingerprint density at radius 2 is 1.57 bits per heavy atom. The second-order valence-corrected chi connectivity index (χ2v) is 5.83. The summed E-state index contributed by atoms with van der Waals surface area (Å²) in [6, 6.07) is 19.5. The Balaban J connectivity index is 2.03. The molecule has 3 nitrogen and oxygen atoms in total. The molecule has 4 rings (SSSR count). The zero-order valence-electron chi connectivity index (χ0n) is 13.0. The van der Waals surface area contributed by atoms with E-state index >= 15 is 0 Å². The number of esters is 1. The largest absolute Gasteiger partial charge is 0.496 e. The lowest BCUT2D eigenvalue weighted by atomic mass is 9.84. The summed E-state index contributed by atoms with van der Waals surface area (Å²) in [7, 11) is 1.66. The molecule has 1 aliphatic heterocycles. The van der Waals surface area contributed by atoms with Gasteiger partial charge in [-0.25, -0.2) is 4.79 Å². The monoisotopic (exact) mass is 304 g/mol. The lowest BCUT2D eigenvalue weighted by molar-refractivity contribution is 0.0185. The van der Waals surface area contributed by atoms with E-state index < -0.39 is 5.60 Å². The van der Waals surface area contributed by atoms with Gasteiger partial charge in [0.15, 0.2) is 5.60 Å². The number of carbonyl (C=O) groups excluding carboxylic acids is 1. The van der Waals surface area contributed by atoms with Gasteiger partial charge in [0.05, 0.1) is 12.7 Å². The molecule has 0 aromatic heterocycles. The van der Waals surface area contributed by atoms with Crippen LogP contribution in [0.5, 0.6) is 5.75 Å². The first-order chi connectivity index (χ1) is 11.1. The number of methoxy groups -OCH3 is 1. The van der Waals surface area contributed by atoms with E-state index in [2.05, 4.69) is 0 Å². The van der Waals surface area contributed by atoms with Gasteiger partial charge in [-0.1, -0.05) is 48.5 Å². The topological polar surface area (TPSA) is 35.5 Å². The van der Waals surface area contributed by atoms with Crippen LogP contribution >= 0.6 is 0 Å². The Morgan fingerprint density at radius 3 is 2.35 bits per heavy atom. The van der Waals surface area contributed by atoms with E-state index in [1.54, 1.807) is 7.11 Å². The molecule has 1 atom stereocenters. The van der Waals surface area contributed by atoms with Crippen LogP contribution < -0.4 is 4.74 Å². The van der Waals surface area contributed by atoms with Gasteiger partial charge in [0.2, 0.25) is 0 Å². The van der Waals surface area contributed by atoms with Crippen molar-refractivity contribution < 1.29 is 14.3 Å². The molecule has 23 heavy (non-hydrogen) atoms. The minimum atomic E-state index is -0.792. The van der Waals surface area contributed by atoms with E-state index in [1.807, 2.05) is 67.6 Å². The highest BCUT2D eigenvalue weighted by molar-refractivity contribution is 5.98. The average Bonchev–Trinajstić information content (AvgIpc) is 2.86. The minimum Gasteiger partial charge on any atom is -0.496 e. The van der Waals surface area contributed by atoms with E-state index in [0.717, 1.165) is 27.6 Å². The van der Waals surface area contributed by atoms with Gasteiger partial charge in [0.25, 0.3) is 0 Å². The third-order valence-corrected chi connectivity index (χ3v) is 4.58. The normalized spacial score (nSPS) is 19.5. The van der Waals surface area contributed by atoms with Crippen LogP contribution in [0, 0.1) is 0 Å². The Morgan fingerprint density at radius 1 is 0.870 bits per heavy atom. The molecule has 0 amide bonds. The maximum absolute atomic E-state index is 12.3. The smallest absolute Gasteiger partial charge is 0.339 e. The van der Waals surface area contributed by atoms with Crippen molar-refractivity contribution in [3.63, 3.8) is 0 Å². The number of fused-ring (bicyclic) bond motifs is 2. The third kappa shape index (κ3) is 1.86. The molecule has 114 valence electrons. The first-order valence-electron chi connectivity index (χ1n) is 7.54. The van der Waals surface area contributed by atoms with Crippen LogP contribution in [-0.4, -0.2) is 13.1 Å². The van der Waals surface area contributed by atoms with Gasteiger partial charge in [-0.3, -0.25) is 0 Å². The maximum Gasteiger partial charge on any atom is 0.339 e. The van der Waals surface area contributed by atoms with Gasteiger partial charge in [0, 0.05) is 16.5 Å². The van der Waals surface area contributed by atoms with Crippen molar-refractivity contribution in [2.75, 3.05) is 7.11 Å². The summed E-state index contributed by atoms with van der Waals surface area (Å²) < 4.78 is 11.3. The molecule has 0 fully saturated rings. The van der Waals surface area contributed by atoms with Gasteiger partial charge < -0.3 is 9.47 Å². The maximum atomic E-state index is 12.3. The van der Waals surface area contributed by atoms with Gasteiger partial charge in [0.1, 0.15) is 5.75 Å². The summed E-state index contributed by atoms with van der Waals surface area (Å²) in [6.07, 6.45) is 0. The Kier molecular flexibility index (Phi) is 2.91. The van der Waals surface area contributed by atoms with Crippen LogP contribution in [0.25, 0.3) is 10.8 Å². The molecule has 0 N–H and O–H groups in total. The van der Waals surface area contributed by atoms with Gasteiger partial charge >= 0.3 is 5.97 Å². The van der Waals surface area contributed by atoms with E-state index in [4.69, 9.17) is 9.47 Å². The number of cyclic esters (lactones) is 1. The molecular formula is C20H16O3. The van der Waals surface area contributed by atoms with E-state index in [1.165, 1.54) is 0 Å². The van der Waals surface area contributed by atoms with E-state index in [-0.39, 0.29) is 5.97 Å². The van der Waals surface area contributed by atoms with Crippen molar-refractivity contribution >= 4 is 16.7 Å². The predicted molar refractivity (Wildman–Crippen MR) is 88.8 cm³/mol. The Labute approximate surface area is 134 Å². The number of ether oxygens (including phenoxy) is 2. The molecule has 1 aliphatic rings. The summed E-state index contributed by atoms with van der Waals surface area (Å²) in [4.78, 5) is 12.3. The quantitative estimate of drug-likeness (QED) is 0.663. The van der Waals surface area contributed by atoms with Crippen LogP contribution in [-0.2, 0) is 10.3 Å². The van der Waals surface area contributed by atoms with Crippen molar-refractivity contribution in [2.45, 2.75) is 12.5 Å². The van der Waals surface area contributed by atoms with Crippen LogP contribution in [0.1, 0.15) is 28.4 Å². The van der Waals surface area contributed by atoms with Crippen molar-refractivity contribution in [3.05, 3.63) is 77.4 Å². The van der Waals surface area contributed by atoms with Crippen molar-refractivity contribution in [1.29, 1.82) is 0 Å². The molecule has 0 unspecified atom stereocenters. The van der Waals surface area contributed by atoms with Crippen LogP contribution in [0.2, 0.25) is 0 Å². The molecule has 3 heteroatoms. The van der Waals surface area contributed by atoms with E-state index in [0.29, 0.717) is 5.56 Å². The molecule has 0 spiro atoms. The van der Waals surface area contributed by atoms with Crippen LogP contribution in [0.15, 0.2) is 60.7 Å². The summed E-state index contributed by atoms with van der Waals surface area (Å²) in [5, 5.41) is 2.04. The fraction of sp³-hybridized carbons (Fsp3) is 0.150. The predicted octanol–water partition coefficient (Wildman–Crippen LogP) is 4.28. The molecule has 3 aromatic carbocycles. The molecule has 1 heterocycles. The fourth-order valence-electron chi connectivity index (χ4n) is 3.44. The van der Waals surface area contributed by atoms with Gasteiger partial charge in [-0.15, -0.1) is 0 Å². The Bertz CT molecular complexity index is 929. The molecule has 0 aliphatic carbocycles. The molecule has 0 saturated carbocycles. The highest BCUT2D eigenvalue weighted by atomic mass is 16.6. The lowest BCUT2D eigenvalue weighted by Crippen LogP contribution is -2.23. The number of rotatable bonds is 2. The molecule has 0 bridgehead atoms. The minimum absolute atomic E-state index is 0.275. The number of hydrogen-bond acceptors (Lipinski definition) is 3. The number of benzene rings is 3. The molecule has 0 saturated heterocycles. The molecular weight excluding hydrogens is 288 g/mol. The Hall–Kier alpha value is -2.81. The second kappa shape index (κ2) is 4.85. The lowest BCUT2D eigenvalue weighted by Gasteiger charge is -2.26. The van der Waals surface area contributed by atoms with Crippen molar-refractivity contribution in [2.24, 2.45) is 0 Å². The SMILES string of the molecule is COc1ccc([C@]2(C)OC(=O)c3ccccc32)c2ccccc12. The van der Waals surface area contributed by atoms with Gasteiger partial charge in [-0.2, -0.15) is 0 Å². The summed E-state index contributed by atoms with van der Waals surface area (Å²) >= 11 is 0. The van der Waals surface area contributed by atoms with E-state index in [9.17, 15) is 4.79 Å².